The van der Waals surface area contributed by atoms with Crippen LogP contribution in [0.4, 0.5) is 0 Å². The number of amides is 1. The summed E-state index contributed by atoms with van der Waals surface area (Å²) in [7, 11) is 0. The number of nitrogens with zero attached hydrogens (tertiary/aromatic N) is 1. The monoisotopic (exact) mass is 272 g/mol. The van der Waals surface area contributed by atoms with Gasteiger partial charge in [0.05, 0.1) is 6.42 Å². The molecule has 1 amide bonds. The van der Waals surface area contributed by atoms with Crippen LogP contribution in [0.5, 0.6) is 0 Å². The normalized spacial score (nSPS) is 11.7. The molecule has 0 unspecified atom stereocenters. The summed E-state index contributed by atoms with van der Waals surface area (Å²) >= 11 is 0. The Kier molecular flexibility index (Phi) is 7.68. The standard InChI is InChI=1S/C14H28N2O3/c1-11(2)15-9-6-7-12(17)16(14(3,4)5)10-8-13(18)19/h11,15H,6-10H2,1-5H3,(H,18,19). The molecular weight excluding hydrogens is 244 g/mol. The van der Waals surface area contributed by atoms with Gasteiger partial charge in [-0.3, -0.25) is 9.59 Å². The van der Waals surface area contributed by atoms with Crippen LogP contribution < -0.4 is 5.32 Å². The molecule has 0 radical (unpaired) electrons. The summed E-state index contributed by atoms with van der Waals surface area (Å²) in [6.45, 7) is 11.0. The Morgan fingerprint density at radius 3 is 2.21 bits per heavy atom. The quantitative estimate of drug-likeness (QED) is 0.662. The van der Waals surface area contributed by atoms with E-state index in [9.17, 15) is 9.59 Å². The van der Waals surface area contributed by atoms with Crippen molar-refractivity contribution in [3.63, 3.8) is 0 Å². The molecule has 0 aliphatic carbocycles. The van der Waals surface area contributed by atoms with E-state index in [4.69, 9.17) is 5.11 Å². The van der Waals surface area contributed by atoms with Crippen molar-refractivity contribution in [2.75, 3.05) is 13.1 Å². The zero-order chi connectivity index (χ0) is 15.1. The molecule has 0 aliphatic heterocycles. The van der Waals surface area contributed by atoms with Crippen molar-refractivity contribution in [1.29, 1.82) is 0 Å². The zero-order valence-corrected chi connectivity index (χ0v) is 12.8. The predicted molar refractivity (Wildman–Crippen MR) is 76.1 cm³/mol. The maximum Gasteiger partial charge on any atom is 0.305 e. The fourth-order valence-corrected chi connectivity index (χ4v) is 1.81. The lowest BCUT2D eigenvalue weighted by molar-refractivity contribution is -0.140. The van der Waals surface area contributed by atoms with Gasteiger partial charge in [-0.25, -0.2) is 0 Å². The van der Waals surface area contributed by atoms with Crippen LogP contribution in [-0.2, 0) is 9.59 Å². The third-order valence-electron chi connectivity index (χ3n) is 2.78. The first-order valence-electron chi connectivity index (χ1n) is 6.90. The van der Waals surface area contributed by atoms with Crippen LogP contribution in [0, 0.1) is 0 Å². The number of rotatable bonds is 8. The van der Waals surface area contributed by atoms with Crippen molar-refractivity contribution in [2.45, 2.75) is 65.5 Å². The molecule has 0 rings (SSSR count). The van der Waals surface area contributed by atoms with Gasteiger partial charge in [0, 0.05) is 24.5 Å². The second-order valence-electron chi connectivity index (χ2n) is 6.07. The lowest BCUT2D eigenvalue weighted by atomic mass is 10.0. The number of hydrogen-bond donors (Lipinski definition) is 2. The Labute approximate surface area is 116 Å². The first-order chi connectivity index (χ1) is 8.64. The van der Waals surface area contributed by atoms with Gasteiger partial charge in [-0.15, -0.1) is 0 Å². The Hall–Kier alpha value is -1.10. The minimum atomic E-state index is -0.872. The van der Waals surface area contributed by atoms with E-state index in [-0.39, 0.29) is 24.4 Å². The molecule has 0 fully saturated rings. The van der Waals surface area contributed by atoms with Gasteiger partial charge in [-0.1, -0.05) is 13.8 Å². The Balaban J connectivity index is 4.27. The Bertz CT molecular complexity index is 296. The highest BCUT2D eigenvalue weighted by molar-refractivity contribution is 5.77. The maximum atomic E-state index is 12.2. The van der Waals surface area contributed by atoms with Gasteiger partial charge < -0.3 is 15.3 Å². The fourth-order valence-electron chi connectivity index (χ4n) is 1.81. The van der Waals surface area contributed by atoms with E-state index in [0.717, 1.165) is 13.0 Å². The van der Waals surface area contributed by atoms with Gasteiger partial charge in [0.1, 0.15) is 0 Å². The molecule has 112 valence electrons. The molecule has 0 aromatic rings. The largest absolute Gasteiger partial charge is 0.481 e. The molecular formula is C14H28N2O3. The lowest BCUT2D eigenvalue weighted by Gasteiger charge is -2.35. The molecule has 0 aromatic heterocycles. The number of aliphatic carboxylic acids is 1. The topological polar surface area (TPSA) is 69.6 Å². The van der Waals surface area contributed by atoms with E-state index >= 15 is 0 Å². The highest BCUT2D eigenvalue weighted by Crippen LogP contribution is 2.15. The third-order valence-corrected chi connectivity index (χ3v) is 2.78. The van der Waals surface area contributed by atoms with E-state index < -0.39 is 5.97 Å². The first-order valence-corrected chi connectivity index (χ1v) is 6.90. The van der Waals surface area contributed by atoms with Crippen LogP contribution >= 0.6 is 0 Å². The van der Waals surface area contributed by atoms with E-state index in [1.54, 1.807) is 4.90 Å². The highest BCUT2D eigenvalue weighted by atomic mass is 16.4. The zero-order valence-electron chi connectivity index (χ0n) is 12.8. The highest BCUT2D eigenvalue weighted by Gasteiger charge is 2.26. The van der Waals surface area contributed by atoms with Crippen LogP contribution in [0.1, 0.15) is 53.9 Å². The number of nitrogens with one attached hydrogen (secondary N) is 1. The third kappa shape index (κ3) is 8.59. The minimum absolute atomic E-state index is 0.00669. The molecule has 5 nitrogen and oxygen atoms in total. The molecule has 19 heavy (non-hydrogen) atoms. The summed E-state index contributed by atoms with van der Waals surface area (Å²) in [5.41, 5.74) is -0.335. The van der Waals surface area contributed by atoms with Crippen molar-refractivity contribution in [1.82, 2.24) is 10.2 Å². The van der Waals surface area contributed by atoms with Crippen molar-refractivity contribution in [3.05, 3.63) is 0 Å². The summed E-state index contributed by atoms with van der Waals surface area (Å²) in [4.78, 5) is 24.5. The fraction of sp³-hybridized carbons (Fsp3) is 0.857. The molecule has 5 heteroatoms. The summed E-state index contributed by atoms with van der Waals surface area (Å²) in [6, 6.07) is 0.417. The van der Waals surface area contributed by atoms with Gasteiger partial charge in [0.2, 0.25) is 5.91 Å². The average Bonchev–Trinajstić information content (AvgIpc) is 2.22. The summed E-state index contributed by atoms with van der Waals surface area (Å²) in [5.74, 6) is -0.845. The molecule has 2 N–H and O–H groups in total. The van der Waals surface area contributed by atoms with E-state index in [2.05, 4.69) is 19.2 Å². The van der Waals surface area contributed by atoms with E-state index in [1.165, 1.54) is 0 Å². The van der Waals surface area contributed by atoms with E-state index in [1.807, 2.05) is 20.8 Å². The van der Waals surface area contributed by atoms with Gasteiger partial charge in [0.15, 0.2) is 0 Å². The molecule has 0 atom stereocenters. The van der Waals surface area contributed by atoms with Gasteiger partial charge in [-0.2, -0.15) is 0 Å². The summed E-state index contributed by atoms with van der Waals surface area (Å²) in [6.07, 6.45) is 1.22. The van der Waals surface area contributed by atoms with Crippen molar-refractivity contribution in [3.8, 4) is 0 Å². The predicted octanol–water partition coefficient (Wildman–Crippen LogP) is 1.87. The molecule has 0 aliphatic rings. The number of carboxylic acid groups (broad SMARTS) is 1. The smallest absolute Gasteiger partial charge is 0.305 e. The maximum absolute atomic E-state index is 12.2. The summed E-state index contributed by atoms with van der Waals surface area (Å²) < 4.78 is 0. The van der Waals surface area contributed by atoms with Crippen molar-refractivity contribution in [2.24, 2.45) is 0 Å². The number of carboxylic acids is 1. The molecule has 0 saturated heterocycles. The Morgan fingerprint density at radius 1 is 1.21 bits per heavy atom. The SMILES string of the molecule is CC(C)NCCCC(=O)N(CCC(=O)O)C(C)(C)C. The number of carbonyl (C=O) groups is 2. The van der Waals surface area contributed by atoms with Crippen LogP contribution in [0.15, 0.2) is 0 Å². The Morgan fingerprint density at radius 2 is 1.79 bits per heavy atom. The number of hydrogen-bond acceptors (Lipinski definition) is 3. The summed E-state index contributed by atoms with van der Waals surface area (Å²) in [5, 5.41) is 12.0. The van der Waals surface area contributed by atoms with Gasteiger partial charge >= 0.3 is 5.97 Å². The molecule has 0 spiro atoms. The minimum Gasteiger partial charge on any atom is -0.481 e. The van der Waals surface area contributed by atoms with Crippen LogP contribution in [0.2, 0.25) is 0 Å². The average molecular weight is 272 g/mol. The molecule has 0 aromatic carbocycles. The van der Waals surface area contributed by atoms with Crippen LogP contribution in [0.3, 0.4) is 0 Å². The first kappa shape index (κ1) is 17.9. The van der Waals surface area contributed by atoms with Crippen molar-refractivity contribution >= 4 is 11.9 Å². The van der Waals surface area contributed by atoms with Gasteiger partial charge in [0.25, 0.3) is 0 Å². The molecule has 0 heterocycles. The van der Waals surface area contributed by atoms with E-state index in [0.29, 0.717) is 12.5 Å². The van der Waals surface area contributed by atoms with Gasteiger partial charge in [-0.05, 0) is 33.7 Å². The van der Waals surface area contributed by atoms with Crippen molar-refractivity contribution < 1.29 is 14.7 Å². The molecule has 0 bridgehead atoms. The number of carbonyl (C=O) groups excluding carboxylic acids is 1. The lowest BCUT2D eigenvalue weighted by Crippen LogP contribution is -2.46. The van der Waals surface area contributed by atoms with Crippen LogP contribution in [0.25, 0.3) is 0 Å². The second-order valence-corrected chi connectivity index (χ2v) is 6.07. The molecule has 0 saturated carbocycles. The van der Waals surface area contributed by atoms with Crippen LogP contribution in [-0.4, -0.2) is 46.6 Å². The second kappa shape index (κ2) is 8.15.